The number of nitrogens with zero attached hydrogens (tertiary/aromatic N) is 6. The first kappa shape index (κ1) is 23.7. The van der Waals surface area contributed by atoms with Crippen LogP contribution >= 0.6 is 0 Å². The van der Waals surface area contributed by atoms with Crippen LogP contribution in [0.3, 0.4) is 0 Å². The van der Waals surface area contributed by atoms with Crippen molar-refractivity contribution in [2.45, 2.75) is 50.7 Å². The van der Waals surface area contributed by atoms with Gasteiger partial charge < -0.3 is 10.2 Å². The van der Waals surface area contributed by atoms with Gasteiger partial charge in [0.15, 0.2) is 5.82 Å². The summed E-state index contributed by atoms with van der Waals surface area (Å²) in [6, 6.07) is 9.22. The van der Waals surface area contributed by atoms with Crippen molar-refractivity contribution in [1.29, 1.82) is 0 Å². The predicted molar refractivity (Wildman–Crippen MR) is 130 cm³/mol. The zero-order valence-corrected chi connectivity index (χ0v) is 20.4. The van der Waals surface area contributed by atoms with E-state index in [-0.39, 0.29) is 35.7 Å². The van der Waals surface area contributed by atoms with Gasteiger partial charge >= 0.3 is 0 Å². The van der Waals surface area contributed by atoms with Crippen LogP contribution in [0, 0.1) is 17.0 Å². The molecular formula is C27H26F2N6O2. The largest absolute Gasteiger partial charge is 0.394 e. The molecule has 1 fully saturated rings. The number of benzene rings is 1. The molecule has 0 aliphatic heterocycles. The van der Waals surface area contributed by atoms with Gasteiger partial charge in [-0.2, -0.15) is 10.2 Å². The van der Waals surface area contributed by atoms with E-state index in [0.29, 0.717) is 11.5 Å². The Bertz CT molecular complexity index is 1490. The second-order valence-electron chi connectivity index (χ2n) is 10.4. The molecule has 1 saturated carbocycles. The molecule has 3 atom stereocenters. The van der Waals surface area contributed by atoms with Gasteiger partial charge in [0.1, 0.15) is 17.3 Å². The lowest BCUT2D eigenvalue weighted by molar-refractivity contribution is 0.0783. The molecule has 4 aromatic rings. The van der Waals surface area contributed by atoms with Gasteiger partial charge in [-0.25, -0.2) is 18.7 Å². The van der Waals surface area contributed by atoms with Gasteiger partial charge in [0.05, 0.1) is 47.3 Å². The van der Waals surface area contributed by atoms with Crippen LogP contribution in [0.5, 0.6) is 0 Å². The Hall–Kier alpha value is -3.63. The van der Waals surface area contributed by atoms with Crippen LogP contribution in [0.2, 0.25) is 0 Å². The van der Waals surface area contributed by atoms with E-state index >= 15 is 0 Å². The second kappa shape index (κ2) is 8.46. The summed E-state index contributed by atoms with van der Waals surface area (Å²) in [5.41, 5.74) is 2.29. The molecule has 0 saturated heterocycles. The fraction of sp³-hybridized carbons (Fsp3) is 0.370. The highest BCUT2D eigenvalue weighted by molar-refractivity contribution is 5.64. The molecule has 0 amide bonds. The smallest absolute Gasteiger partial charge is 0.180 e. The predicted octanol–water partition coefficient (Wildman–Crippen LogP) is 3.63. The average molecular weight is 505 g/mol. The van der Waals surface area contributed by atoms with Crippen molar-refractivity contribution in [3.63, 3.8) is 0 Å². The maximum Gasteiger partial charge on any atom is 0.180 e. The first-order valence-corrected chi connectivity index (χ1v) is 12.2. The Balaban J connectivity index is 1.43. The van der Waals surface area contributed by atoms with E-state index < -0.39 is 23.2 Å². The van der Waals surface area contributed by atoms with Crippen LogP contribution in [0.25, 0.3) is 22.8 Å². The molecule has 2 bridgehead atoms. The van der Waals surface area contributed by atoms with E-state index in [1.807, 2.05) is 6.07 Å². The molecule has 8 nitrogen and oxygen atoms in total. The minimum absolute atomic E-state index is 0.129. The molecule has 1 aromatic carbocycles. The molecule has 2 N–H and O–H groups in total. The highest BCUT2D eigenvalue weighted by atomic mass is 19.1. The number of hydrogen-bond acceptors (Lipinski definition) is 7. The summed E-state index contributed by atoms with van der Waals surface area (Å²) >= 11 is 0. The third-order valence-corrected chi connectivity index (χ3v) is 8.17. The second-order valence-corrected chi connectivity index (χ2v) is 10.4. The molecule has 2 aliphatic carbocycles. The zero-order chi connectivity index (χ0) is 25.9. The van der Waals surface area contributed by atoms with E-state index in [1.165, 1.54) is 18.2 Å². The van der Waals surface area contributed by atoms with E-state index in [1.54, 1.807) is 29.2 Å². The number of rotatable bonds is 6. The lowest BCUT2D eigenvalue weighted by atomic mass is 9.66. The Labute approximate surface area is 212 Å². The Morgan fingerprint density at radius 3 is 2.65 bits per heavy atom. The molecule has 2 aliphatic rings. The summed E-state index contributed by atoms with van der Waals surface area (Å²) in [5.74, 6) is -0.769. The molecule has 3 heterocycles. The van der Waals surface area contributed by atoms with Gasteiger partial charge in [-0.3, -0.25) is 4.68 Å². The highest BCUT2D eigenvalue weighted by Gasteiger charge is 2.65. The minimum Gasteiger partial charge on any atom is -0.394 e. The molecule has 3 aromatic heterocycles. The molecular weight excluding hydrogens is 478 g/mol. The third-order valence-electron chi connectivity index (χ3n) is 8.17. The maximum absolute atomic E-state index is 14.5. The standard InChI is InChI=1S/C27H26F2N6O2/c1-26(2)17-6-9-27(26,24-16(17)12-21(32-33-24)23-18(28)4-3-5-19(23)29)22-7-10-30-25(31-22)20-8-11-35(34-20)13-15(37)14-36/h3-5,7-8,10-12,15,17,36-37H,6,9,13-14H2,1-2H3/t15-,17+,27-/m1/s1. The zero-order valence-electron chi connectivity index (χ0n) is 20.4. The van der Waals surface area contributed by atoms with Gasteiger partial charge in [-0.1, -0.05) is 19.9 Å². The number of halogens is 2. The summed E-state index contributed by atoms with van der Waals surface area (Å²) in [7, 11) is 0. The Morgan fingerprint density at radius 1 is 1.11 bits per heavy atom. The van der Waals surface area contributed by atoms with Crippen LogP contribution in [-0.2, 0) is 12.0 Å². The van der Waals surface area contributed by atoms with E-state index in [0.717, 1.165) is 29.8 Å². The van der Waals surface area contributed by atoms with Crippen LogP contribution in [-0.4, -0.2) is 52.9 Å². The van der Waals surface area contributed by atoms with Gasteiger partial charge in [-0.15, -0.1) is 5.10 Å². The van der Waals surface area contributed by atoms with Crippen molar-refractivity contribution < 1.29 is 19.0 Å². The van der Waals surface area contributed by atoms with Gasteiger partial charge in [0, 0.05) is 12.4 Å². The first-order valence-electron chi connectivity index (χ1n) is 12.2. The quantitative estimate of drug-likeness (QED) is 0.413. The first-order chi connectivity index (χ1) is 17.8. The summed E-state index contributed by atoms with van der Waals surface area (Å²) < 4.78 is 30.6. The molecule has 190 valence electrons. The number of aliphatic hydroxyl groups excluding tert-OH is 2. The molecule has 6 rings (SSSR count). The summed E-state index contributed by atoms with van der Waals surface area (Å²) in [5, 5.41) is 32.2. The van der Waals surface area contributed by atoms with Crippen molar-refractivity contribution in [2.24, 2.45) is 5.41 Å². The van der Waals surface area contributed by atoms with Crippen molar-refractivity contribution in [1.82, 2.24) is 29.9 Å². The number of hydrogen-bond donors (Lipinski definition) is 2. The van der Waals surface area contributed by atoms with Crippen LogP contribution in [0.4, 0.5) is 8.78 Å². The number of aromatic nitrogens is 6. The normalized spacial score (nSPS) is 22.3. The monoisotopic (exact) mass is 504 g/mol. The van der Waals surface area contributed by atoms with Crippen molar-refractivity contribution >= 4 is 0 Å². The Morgan fingerprint density at radius 2 is 1.89 bits per heavy atom. The molecule has 37 heavy (non-hydrogen) atoms. The van der Waals surface area contributed by atoms with Crippen LogP contribution < -0.4 is 0 Å². The van der Waals surface area contributed by atoms with Gasteiger partial charge in [0.25, 0.3) is 0 Å². The minimum atomic E-state index is -0.911. The summed E-state index contributed by atoms with van der Waals surface area (Å²) in [6.45, 7) is 4.17. The fourth-order valence-electron chi connectivity index (χ4n) is 6.33. The van der Waals surface area contributed by atoms with E-state index in [4.69, 9.17) is 10.1 Å². The van der Waals surface area contributed by atoms with Crippen LogP contribution in [0.1, 0.15) is 49.6 Å². The summed E-state index contributed by atoms with van der Waals surface area (Å²) in [4.78, 5) is 9.36. The molecule has 0 unspecified atom stereocenters. The topological polar surface area (TPSA) is 110 Å². The van der Waals surface area contributed by atoms with Gasteiger partial charge in [-0.05, 0) is 60.1 Å². The summed E-state index contributed by atoms with van der Waals surface area (Å²) in [6.07, 6.45) is 4.20. The lowest BCUT2D eigenvalue weighted by Gasteiger charge is -2.37. The van der Waals surface area contributed by atoms with E-state index in [2.05, 4.69) is 34.1 Å². The van der Waals surface area contributed by atoms with Crippen LogP contribution in [0.15, 0.2) is 48.8 Å². The Kier molecular flexibility index (Phi) is 5.43. The number of aliphatic hydroxyl groups is 2. The fourth-order valence-corrected chi connectivity index (χ4v) is 6.33. The van der Waals surface area contributed by atoms with E-state index in [9.17, 15) is 13.9 Å². The highest BCUT2D eigenvalue weighted by Crippen LogP contribution is 2.69. The van der Waals surface area contributed by atoms with Crippen molar-refractivity contribution in [2.75, 3.05) is 6.61 Å². The lowest BCUT2D eigenvalue weighted by Crippen LogP contribution is -2.38. The SMILES string of the molecule is CC1(C)[C@H]2CC[C@@]1(c1ccnc(-c3ccn(C[C@@H](O)CO)n3)n1)c1nnc(-c3c(F)cccc3F)cc12. The van der Waals surface area contributed by atoms with Gasteiger partial charge in [0.2, 0.25) is 0 Å². The maximum atomic E-state index is 14.5. The van der Waals surface area contributed by atoms with Crippen molar-refractivity contribution in [3.05, 3.63) is 77.4 Å². The van der Waals surface area contributed by atoms with Crippen molar-refractivity contribution in [3.8, 4) is 22.8 Å². The molecule has 0 spiro atoms. The number of fused-ring (bicyclic) bond motifs is 5. The molecule has 0 radical (unpaired) electrons. The third kappa shape index (κ3) is 3.42. The average Bonchev–Trinajstić information content (AvgIpc) is 3.51. The molecule has 10 heteroatoms.